The zero-order valence-corrected chi connectivity index (χ0v) is 13.7. The van der Waals surface area contributed by atoms with Gasteiger partial charge in [-0.15, -0.1) is 0 Å². The van der Waals surface area contributed by atoms with Gasteiger partial charge in [-0.3, -0.25) is 14.3 Å². The number of pyridine rings is 1. The van der Waals surface area contributed by atoms with Crippen LogP contribution in [0, 0.1) is 0 Å². The van der Waals surface area contributed by atoms with Crippen molar-refractivity contribution in [3.8, 4) is 5.75 Å². The van der Waals surface area contributed by atoms with Crippen LogP contribution in [0.25, 0.3) is 10.9 Å². The average molecular weight is 375 g/mol. The summed E-state index contributed by atoms with van der Waals surface area (Å²) in [5.41, 5.74) is -0.734. The number of anilines is 1. The van der Waals surface area contributed by atoms with Crippen LogP contribution in [0.15, 0.2) is 41.7 Å². The fourth-order valence-corrected chi connectivity index (χ4v) is 2.89. The van der Waals surface area contributed by atoms with Crippen molar-refractivity contribution in [2.75, 3.05) is 11.9 Å². The van der Waals surface area contributed by atoms with E-state index < -0.39 is 17.6 Å². The largest absolute Gasteiger partial charge is 0.506 e. The molecule has 138 valence electrons. The van der Waals surface area contributed by atoms with Crippen molar-refractivity contribution in [2.24, 2.45) is 4.99 Å². The highest BCUT2D eigenvalue weighted by Crippen LogP contribution is 2.32. The molecular formula is C17H12F3N5O2. The van der Waals surface area contributed by atoms with Crippen LogP contribution in [-0.4, -0.2) is 32.1 Å². The fourth-order valence-electron chi connectivity index (χ4n) is 2.89. The molecule has 3 aromatic rings. The number of nitrogens with one attached hydrogen (secondary N) is 1. The van der Waals surface area contributed by atoms with Crippen LogP contribution in [0.2, 0.25) is 0 Å². The molecule has 0 saturated carbocycles. The Bertz CT molecular complexity index is 1140. The van der Waals surface area contributed by atoms with Gasteiger partial charge >= 0.3 is 6.18 Å². The lowest BCUT2D eigenvalue weighted by molar-refractivity contribution is -0.137. The number of aromatic nitrogens is 3. The fraction of sp³-hybridized carbons (Fsp3) is 0.176. The van der Waals surface area contributed by atoms with Crippen LogP contribution >= 0.6 is 0 Å². The van der Waals surface area contributed by atoms with E-state index in [1.165, 1.54) is 24.5 Å². The minimum atomic E-state index is -4.50. The number of carbonyl (C=O) groups is 1. The number of amides is 1. The number of fused-ring (bicyclic) bond motifs is 3. The Hall–Kier alpha value is -3.43. The van der Waals surface area contributed by atoms with Gasteiger partial charge < -0.3 is 10.4 Å². The third kappa shape index (κ3) is 3.09. The molecule has 2 aromatic heterocycles. The van der Waals surface area contributed by atoms with Crippen LogP contribution in [0.1, 0.15) is 15.9 Å². The molecule has 0 atom stereocenters. The Kier molecular flexibility index (Phi) is 3.83. The van der Waals surface area contributed by atoms with E-state index in [4.69, 9.17) is 0 Å². The summed E-state index contributed by atoms with van der Waals surface area (Å²) in [4.78, 5) is 24.2. The molecule has 0 aliphatic carbocycles. The number of halogens is 3. The molecule has 0 unspecified atom stereocenters. The van der Waals surface area contributed by atoms with E-state index in [-0.39, 0.29) is 22.4 Å². The van der Waals surface area contributed by atoms with Crippen molar-refractivity contribution in [3.05, 3.63) is 53.4 Å². The van der Waals surface area contributed by atoms with Gasteiger partial charge in [0.2, 0.25) is 5.62 Å². The summed E-state index contributed by atoms with van der Waals surface area (Å²) in [5, 5.41) is 13.0. The maximum atomic E-state index is 13.0. The van der Waals surface area contributed by atoms with Crippen LogP contribution < -0.4 is 10.9 Å². The van der Waals surface area contributed by atoms with Gasteiger partial charge in [-0.05, 0) is 24.3 Å². The van der Waals surface area contributed by atoms with Gasteiger partial charge in [-0.25, -0.2) is 4.98 Å². The molecule has 1 amide bonds. The molecule has 2 N–H and O–H groups in total. The second-order valence-electron chi connectivity index (χ2n) is 5.92. The van der Waals surface area contributed by atoms with Crippen LogP contribution in [-0.2, 0) is 12.7 Å². The third-order valence-electron chi connectivity index (χ3n) is 4.11. The topological polar surface area (TPSA) is 92.4 Å². The Morgan fingerprint density at radius 1 is 1.26 bits per heavy atom. The Balaban J connectivity index is 1.91. The summed E-state index contributed by atoms with van der Waals surface area (Å²) in [6, 6.07) is 4.46. The van der Waals surface area contributed by atoms with Gasteiger partial charge in [0.1, 0.15) is 11.6 Å². The highest BCUT2D eigenvalue weighted by Gasteiger charge is 2.31. The Morgan fingerprint density at radius 3 is 2.81 bits per heavy atom. The van der Waals surface area contributed by atoms with E-state index >= 15 is 0 Å². The van der Waals surface area contributed by atoms with Crippen molar-refractivity contribution in [3.63, 3.8) is 0 Å². The lowest BCUT2D eigenvalue weighted by Crippen LogP contribution is -2.25. The predicted molar refractivity (Wildman–Crippen MR) is 89.0 cm³/mol. The van der Waals surface area contributed by atoms with Crippen molar-refractivity contribution in [2.45, 2.75) is 12.7 Å². The quantitative estimate of drug-likeness (QED) is 0.681. The highest BCUT2D eigenvalue weighted by molar-refractivity contribution is 5.95. The van der Waals surface area contributed by atoms with Crippen molar-refractivity contribution < 1.29 is 23.1 Å². The monoisotopic (exact) mass is 375 g/mol. The molecule has 0 bridgehead atoms. The Morgan fingerprint density at radius 2 is 2.07 bits per heavy atom. The summed E-state index contributed by atoms with van der Waals surface area (Å²) in [6.07, 6.45) is -2.10. The van der Waals surface area contributed by atoms with Gasteiger partial charge in [0.15, 0.2) is 0 Å². The van der Waals surface area contributed by atoms with Crippen molar-refractivity contribution in [1.82, 2.24) is 14.5 Å². The standard InChI is InChI=1S/C17H12F3N5O2/c18-17(19,20)10-1-2-12-13(6-10)23-16(25-4-3-22-14(12)25)24-15(27)9-5-11(26)8-21-7-9/h1-2,5-8,22,26H,3-4H2. The average Bonchev–Trinajstić information content (AvgIpc) is 3.11. The second-order valence-corrected chi connectivity index (χ2v) is 5.92. The van der Waals surface area contributed by atoms with Crippen molar-refractivity contribution in [1.29, 1.82) is 0 Å². The molecule has 1 aromatic carbocycles. The molecule has 10 heteroatoms. The number of rotatable bonds is 1. The summed E-state index contributed by atoms with van der Waals surface area (Å²) in [5.74, 6) is -0.356. The zero-order chi connectivity index (χ0) is 19.2. The minimum absolute atomic E-state index is 0.0184. The van der Waals surface area contributed by atoms with Crippen LogP contribution in [0.4, 0.5) is 19.0 Å². The predicted octanol–water partition coefficient (Wildman–Crippen LogP) is 2.32. The second kappa shape index (κ2) is 6.08. The van der Waals surface area contributed by atoms with E-state index in [9.17, 15) is 23.1 Å². The van der Waals surface area contributed by atoms with E-state index in [0.717, 1.165) is 12.1 Å². The van der Waals surface area contributed by atoms with E-state index in [1.54, 1.807) is 4.57 Å². The first-order valence-corrected chi connectivity index (χ1v) is 7.92. The molecule has 0 fully saturated rings. The first kappa shape index (κ1) is 17.0. The highest BCUT2D eigenvalue weighted by atomic mass is 19.4. The summed E-state index contributed by atoms with van der Waals surface area (Å²) in [6.45, 7) is 0.996. The third-order valence-corrected chi connectivity index (χ3v) is 4.11. The van der Waals surface area contributed by atoms with Crippen LogP contribution in [0.5, 0.6) is 5.75 Å². The molecule has 27 heavy (non-hydrogen) atoms. The lowest BCUT2D eigenvalue weighted by Gasteiger charge is -2.11. The molecule has 3 heterocycles. The van der Waals surface area contributed by atoms with E-state index in [1.807, 2.05) is 0 Å². The summed E-state index contributed by atoms with van der Waals surface area (Å²) < 4.78 is 40.6. The number of alkyl halides is 3. The first-order valence-electron chi connectivity index (χ1n) is 7.92. The minimum Gasteiger partial charge on any atom is -0.506 e. The van der Waals surface area contributed by atoms with E-state index in [0.29, 0.717) is 24.3 Å². The zero-order valence-electron chi connectivity index (χ0n) is 13.7. The molecule has 1 aliphatic rings. The van der Waals surface area contributed by atoms with Crippen molar-refractivity contribution >= 4 is 22.6 Å². The van der Waals surface area contributed by atoms with Crippen LogP contribution in [0.3, 0.4) is 0 Å². The molecule has 0 saturated heterocycles. The SMILES string of the molecule is O=C(N=c1nc2cc(C(F)(F)F)ccc2c2n1CCN2)c1cncc(O)c1. The van der Waals surface area contributed by atoms with Gasteiger partial charge in [0, 0.05) is 24.7 Å². The molecule has 0 radical (unpaired) electrons. The molecule has 4 rings (SSSR count). The number of hydrogen-bond acceptors (Lipinski definition) is 5. The van der Waals surface area contributed by atoms with E-state index in [2.05, 4.69) is 20.3 Å². The number of hydrogen-bond donors (Lipinski definition) is 2. The lowest BCUT2D eigenvalue weighted by atomic mass is 10.1. The van der Waals surface area contributed by atoms with Gasteiger partial charge in [-0.2, -0.15) is 18.2 Å². The summed E-state index contributed by atoms with van der Waals surface area (Å²) in [7, 11) is 0. The number of carbonyl (C=O) groups excluding carboxylic acids is 1. The molecule has 1 aliphatic heterocycles. The number of aromatic hydroxyl groups is 1. The normalized spacial score (nSPS) is 14.3. The molecule has 7 nitrogen and oxygen atoms in total. The maximum Gasteiger partial charge on any atom is 0.416 e. The molecule has 0 spiro atoms. The maximum absolute atomic E-state index is 13.0. The van der Waals surface area contributed by atoms with Gasteiger partial charge in [0.05, 0.1) is 22.8 Å². The molecular weight excluding hydrogens is 363 g/mol. The van der Waals surface area contributed by atoms with Gasteiger partial charge in [0.25, 0.3) is 5.91 Å². The first-order chi connectivity index (χ1) is 12.8. The van der Waals surface area contributed by atoms with Gasteiger partial charge in [-0.1, -0.05) is 0 Å². The number of nitrogens with zero attached hydrogens (tertiary/aromatic N) is 4. The Labute approximate surface area is 149 Å². The smallest absolute Gasteiger partial charge is 0.416 e. The summed E-state index contributed by atoms with van der Waals surface area (Å²) >= 11 is 0. The number of benzene rings is 1.